The maximum atomic E-state index is 13.9. The van der Waals surface area contributed by atoms with Crippen molar-refractivity contribution < 1.29 is 101 Å². The van der Waals surface area contributed by atoms with Crippen LogP contribution < -0.4 is 31.9 Å². The lowest BCUT2D eigenvalue weighted by atomic mass is 10.1. The van der Waals surface area contributed by atoms with E-state index >= 15 is 0 Å². The number of hydrogen-bond acceptors (Lipinski definition) is 28. The predicted molar refractivity (Wildman–Crippen MR) is 502 cm³/mol. The van der Waals surface area contributed by atoms with Gasteiger partial charge in [-0.3, -0.25) is 44.0 Å². The number of aromatic nitrogens is 12. The lowest BCUT2D eigenvalue weighted by Gasteiger charge is -2.27. The summed E-state index contributed by atoms with van der Waals surface area (Å²) < 4.78 is 63.6. The highest BCUT2D eigenvalue weighted by atomic mass is 32.1. The van der Waals surface area contributed by atoms with Crippen LogP contribution in [0.15, 0.2) is 201 Å². The molecule has 10 aliphatic rings. The van der Waals surface area contributed by atoms with Gasteiger partial charge in [0.05, 0.1) is 19.0 Å². The van der Waals surface area contributed by atoms with Gasteiger partial charge in [-0.1, -0.05) is 172 Å². The molecule has 23 rings (SSSR count). The number of nitrogens with one attached hydrogen (secondary N) is 6. The number of carboxylic acid groups (broad SMARTS) is 3. The van der Waals surface area contributed by atoms with Crippen LogP contribution in [0.1, 0.15) is 143 Å². The van der Waals surface area contributed by atoms with Crippen molar-refractivity contribution in [1.82, 2.24) is 89.2 Å². The zero-order valence-electron chi connectivity index (χ0n) is 75.9. The van der Waals surface area contributed by atoms with Gasteiger partial charge in [-0.2, -0.15) is 0 Å². The maximum Gasteiger partial charge on any atom is 0.326 e. The number of ether oxygens (including phenoxy) is 9. The van der Waals surface area contributed by atoms with Gasteiger partial charge in [0.1, 0.15) is 73.7 Å². The van der Waals surface area contributed by atoms with Crippen LogP contribution in [0.2, 0.25) is 0 Å². The second-order valence-electron chi connectivity index (χ2n) is 35.9. The number of unbranched alkanes of at least 4 members (excludes halogenated alkanes) is 3. The van der Waals surface area contributed by atoms with E-state index in [9.17, 15) is 58.5 Å². The average molecular weight is 1940 g/mol. The van der Waals surface area contributed by atoms with Crippen LogP contribution in [-0.2, 0) is 84.4 Å². The minimum Gasteiger partial charge on any atom is -0.480 e. The van der Waals surface area contributed by atoms with Crippen molar-refractivity contribution in [2.75, 3.05) is 42.1 Å². The summed E-state index contributed by atoms with van der Waals surface area (Å²) in [6.07, 6.45) is 3.71. The Labute approximate surface area is 807 Å². The molecule has 728 valence electrons. The molecule has 13 aromatic rings. The second kappa shape index (κ2) is 40.4. The molecule has 0 spiro atoms. The van der Waals surface area contributed by atoms with Gasteiger partial charge < -0.3 is 88.6 Å². The molecule has 42 nitrogen and oxygen atoms in total. The van der Waals surface area contributed by atoms with Crippen molar-refractivity contribution in [3.63, 3.8) is 0 Å². The highest BCUT2D eigenvalue weighted by Gasteiger charge is 2.62. The summed E-state index contributed by atoms with van der Waals surface area (Å²) in [4.78, 5) is 159. The topological polar surface area (TPSA) is 510 Å². The van der Waals surface area contributed by atoms with Crippen LogP contribution in [0.5, 0.6) is 0 Å². The first-order valence-corrected chi connectivity index (χ1v) is 48.0. The number of carbonyl (C=O) groups is 9. The zero-order chi connectivity index (χ0) is 96.6. The van der Waals surface area contributed by atoms with Gasteiger partial charge >= 0.3 is 36.0 Å². The third-order valence-electron chi connectivity index (χ3n) is 27.1. The minimum atomic E-state index is -1.15. The number of thiophene rings is 1. The summed E-state index contributed by atoms with van der Waals surface area (Å²) in [6, 6.07) is 46.9. The smallest absolute Gasteiger partial charge is 0.326 e. The standard InChI is InChI=1S/C34H31N7O7.C33H33N7O7.C31H35N7O7S/c42-30(40-14-6-11-23(40)32(43)44)26-25-27(48-33(47-25)22-13-12-20-9-4-5-10-21(20)15-22)31(46-26)41-18-38-24-28(36-17-37-29(24)41)39-34(45)35-16-19-7-2-1-3-8-19;41-30(39-13-7-12-22(39)32(42)43)26-25-27(46-23(45-25)14-18-8-3-1-4-9-18)31(47-26)40-17-36-24-28(34-16-35-29(24)40)38-33(44)37-21-15-20(21)19-10-5-2-6-11-19;1-2-3-4-7-12-32-31(42)36-25-21-26(34-15-33-25)38(16-35-21)28-24-22(23(43-28)27(39)37-13-8-10-19(37)29(40)41)44-30(45-24)18-14-46-20-11-6-5-9-17(18)20/h1-5,7-10,12-13,15,17-18,23,25-27,31,33H,6,11,14,16H2,(H,43,44)(H2,35,36,37,39,45);1-6,8-11,16-17,20-23,25-27,31H,7,12-15H2,(H,42,43)(H2,34,35,37,38,44);5-6,9,11,14-16,19,22-24,28,30H,2-4,7-8,10,12-13H2,1H3,(H,40,41)(H2,32,33,34,36,42). The van der Waals surface area contributed by atoms with Crippen LogP contribution in [0, 0.1) is 0 Å². The first kappa shape index (κ1) is 92.8. The van der Waals surface area contributed by atoms with Crippen LogP contribution in [-0.4, -0.2) is 254 Å². The molecule has 10 fully saturated rings. The third kappa shape index (κ3) is 18.9. The van der Waals surface area contributed by atoms with Crippen molar-refractivity contribution in [2.45, 2.75) is 213 Å². The molecular formula is C98H99N21O21S. The van der Waals surface area contributed by atoms with Gasteiger partial charge in [-0.15, -0.1) is 11.3 Å². The number of anilines is 3. The number of benzene rings is 6. The van der Waals surface area contributed by atoms with E-state index in [0.29, 0.717) is 111 Å². The zero-order valence-corrected chi connectivity index (χ0v) is 76.7. The van der Waals surface area contributed by atoms with Crippen molar-refractivity contribution >= 4 is 137 Å². The number of urea groups is 3. The molecule has 1 saturated carbocycles. The van der Waals surface area contributed by atoms with Crippen molar-refractivity contribution in [3.05, 3.63) is 229 Å². The Balaban J connectivity index is 0.000000125. The Kier molecular flexibility index (Phi) is 26.6. The summed E-state index contributed by atoms with van der Waals surface area (Å²) in [5.74, 6) is -3.65. The molecule has 9 saturated heterocycles. The van der Waals surface area contributed by atoms with Gasteiger partial charge in [0.25, 0.3) is 17.7 Å². The number of rotatable bonds is 25. The molecule has 1 aliphatic carbocycles. The largest absolute Gasteiger partial charge is 0.480 e. The number of amides is 9. The number of fused-ring (bicyclic) bond motifs is 8. The van der Waals surface area contributed by atoms with E-state index in [1.54, 1.807) is 25.0 Å². The molecule has 9 aliphatic heterocycles. The summed E-state index contributed by atoms with van der Waals surface area (Å²) in [6.45, 7) is 3.92. The molecule has 9 N–H and O–H groups in total. The molecule has 141 heavy (non-hydrogen) atoms. The molecule has 20 unspecified atom stereocenters. The highest BCUT2D eigenvalue weighted by molar-refractivity contribution is 7.17. The lowest BCUT2D eigenvalue weighted by molar-refractivity contribution is -0.171. The van der Waals surface area contributed by atoms with Crippen molar-refractivity contribution in [1.29, 1.82) is 0 Å². The number of carbonyl (C=O) groups excluding carboxylic acids is 6. The average Bonchev–Trinajstić information content (AvgIpc) is 1.58. The first-order valence-electron chi connectivity index (χ1n) is 47.1. The maximum absolute atomic E-state index is 13.9. The Morgan fingerprint density at radius 2 is 0.872 bits per heavy atom. The van der Waals surface area contributed by atoms with Gasteiger partial charge in [-0.25, -0.2) is 73.6 Å². The van der Waals surface area contributed by atoms with E-state index in [2.05, 4.69) is 95.8 Å². The molecule has 9 amide bonds. The minimum absolute atomic E-state index is 0.0188. The molecular weight excluding hydrogens is 1840 g/mol. The number of carboxylic acids is 3. The van der Waals surface area contributed by atoms with E-state index in [1.165, 1.54) is 58.2 Å². The number of imidazole rings is 3. The number of likely N-dealkylation sites (tertiary alicyclic amines) is 3. The fourth-order valence-corrected chi connectivity index (χ4v) is 21.1. The van der Waals surface area contributed by atoms with E-state index in [-0.39, 0.29) is 29.4 Å². The molecule has 16 heterocycles. The van der Waals surface area contributed by atoms with E-state index in [4.69, 9.17) is 42.6 Å². The number of nitrogens with zero attached hydrogens (tertiary/aromatic N) is 15. The SMILES string of the molecule is CCCCCCNC(=O)Nc1ncnc2c1ncn2C1OC(C(=O)N2CCCC2C(=O)O)C2OC(c3csc4ccccc34)OC21.O=C(NCc1ccccc1)Nc1ncnc2c1ncn2C1OC(C(=O)N2CCCC2C(=O)O)C2OC(c3ccc4ccccc4c3)OC21.O=C(Nc1ncnc2c1ncn2C1OC(C(=O)N2CCCC2C(=O)O)C2OC(Cc3ccccc3)OC21)NC1CC1c1ccccc1. The van der Waals surface area contributed by atoms with Crippen LogP contribution in [0.25, 0.3) is 54.4 Å². The summed E-state index contributed by atoms with van der Waals surface area (Å²) >= 11 is 1.57. The number of aliphatic carboxylic acids is 3. The third-order valence-corrected chi connectivity index (χ3v) is 28.1. The van der Waals surface area contributed by atoms with Crippen molar-refractivity contribution in [2.24, 2.45) is 0 Å². The normalized spacial score (nSPS) is 26.7. The van der Waals surface area contributed by atoms with Crippen LogP contribution in [0.3, 0.4) is 0 Å². The van der Waals surface area contributed by atoms with Crippen molar-refractivity contribution in [3.8, 4) is 0 Å². The predicted octanol–water partition coefficient (Wildman–Crippen LogP) is 10.8. The lowest BCUT2D eigenvalue weighted by Crippen LogP contribution is -2.49. The van der Waals surface area contributed by atoms with Crippen LogP contribution in [0.4, 0.5) is 31.8 Å². The monoisotopic (exact) mass is 1940 g/mol. The van der Waals surface area contributed by atoms with Gasteiger partial charge in [0.2, 0.25) is 0 Å². The van der Waals surface area contributed by atoms with Gasteiger partial charge in [0, 0.05) is 77.7 Å². The molecule has 20 atom stereocenters. The first-order chi connectivity index (χ1) is 68.8. The number of hydrogen-bond donors (Lipinski definition) is 9. The summed E-state index contributed by atoms with van der Waals surface area (Å²) in [5.41, 5.74) is 6.76. The van der Waals surface area contributed by atoms with Crippen LogP contribution >= 0.6 is 11.3 Å². The van der Waals surface area contributed by atoms with E-state index < -0.39 is 164 Å². The van der Waals surface area contributed by atoms with E-state index in [1.807, 2.05) is 151 Å². The Hall–Kier alpha value is -14.5. The van der Waals surface area contributed by atoms with Gasteiger partial charge in [-0.05, 0) is 91.0 Å². The Bertz CT molecular complexity index is 6860. The fraction of sp³-hybridized carbons (Fsp3) is 0.388. The highest BCUT2D eigenvalue weighted by Crippen LogP contribution is 2.51. The molecule has 0 radical (unpaired) electrons. The second-order valence-corrected chi connectivity index (χ2v) is 36.8. The molecule has 0 bridgehead atoms. The summed E-state index contributed by atoms with van der Waals surface area (Å²) in [5, 5.41) is 51.3. The van der Waals surface area contributed by atoms with Gasteiger partial charge in [0.15, 0.2) is 107 Å². The molecule has 43 heteroatoms. The Morgan fingerprint density at radius 3 is 1.40 bits per heavy atom. The Morgan fingerprint density at radius 1 is 0.426 bits per heavy atom. The summed E-state index contributed by atoms with van der Waals surface area (Å²) in [7, 11) is 0. The molecule has 6 aromatic carbocycles. The fourth-order valence-electron chi connectivity index (χ4n) is 20.1. The quantitative estimate of drug-likeness (QED) is 0.0240. The van der Waals surface area contributed by atoms with E-state index in [0.717, 1.165) is 75.2 Å². The molecule has 7 aromatic heterocycles.